The summed E-state index contributed by atoms with van der Waals surface area (Å²) in [5.74, 6) is 0. The molecule has 0 amide bonds. The van der Waals surface area contributed by atoms with Gasteiger partial charge in [-0.1, -0.05) is 0 Å². The molecular weight excluding hydrogens is 236 g/mol. The summed E-state index contributed by atoms with van der Waals surface area (Å²) in [6, 6.07) is -0.479. The van der Waals surface area contributed by atoms with E-state index < -0.39 is 18.3 Å². The Hall–Kier alpha value is -0.340. The number of hydrogen-bond donors (Lipinski definition) is 2. The Morgan fingerprint density at radius 1 is 1.47 bits per heavy atom. The van der Waals surface area contributed by atoms with Crippen LogP contribution in [0, 0.1) is 0 Å². The molecule has 104 valence electrons. The van der Waals surface area contributed by atoms with Crippen molar-refractivity contribution in [2.45, 2.75) is 39.0 Å². The molecule has 2 N–H and O–H groups in total. The summed E-state index contributed by atoms with van der Waals surface area (Å²) in [6.45, 7) is 3.20. The van der Waals surface area contributed by atoms with E-state index in [0.717, 1.165) is 5.06 Å². The molecular formula is C10H21F2NO4. The van der Waals surface area contributed by atoms with Crippen LogP contribution in [0.1, 0.15) is 20.8 Å². The van der Waals surface area contributed by atoms with Gasteiger partial charge in [0.2, 0.25) is 0 Å². The van der Waals surface area contributed by atoms with E-state index in [1.807, 2.05) is 0 Å². The number of rotatable bonds is 3. The fourth-order valence-corrected chi connectivity index (χ4v) is 0.964. The maximum atomic E-state index is 11.6. The molecule has 1 saturated heterocycles. The summed E-state index contributed by atoms with van der Waals surface area (Å²) in [4.78, 5) is 0. The summed E-state index contributed by atoms with van der Waals surface area (Å²) in [5.41, 5.74) is -0.500. The summed E-state index contributed by atoms with van der Waals surface area (Å²) in [6.07, 6.45) is 0. The number of hydrogen-bond acceptors (Lipinski definition) is 5. The summed E-state index contributed by atoms with van der Waals surface area (Å²) in [7, 11) is 0. The zero-order chi connectivity index (χ0) is 13.5. The smallest absolute Gasteiger partial charge is 0.345 e. The van der Waals surface area contributed by atoms with E-state index in [9.17, 15) is 8.78 Å². The van der Waals surface area contributed by atoms with Gasteiger partial charge in [0.1, 0.15) is 0 Å². The van der Waals surface area contributed by atoms with Crippen molar-refractivity contribution in [3.63, 3.8) is 0 Å². The lowest BCUT2D eigenvalue weighted by Gasteiger charge is -2.29. The summed E-state index contributed by atoms with van der Waals surface area (Å²) < 4.78 is 32.1. The second-order valence-corrected chi connectivity index (χ2v) is 4.66. The first-order valence-electron chi connectivity index (χ1n) is 5.35. The molecule has 1 heterocycles. The van der Waals surface area contributed by atoms with Crippen LogP contribution in [-0.2, 0) is 9.47 Å². The number of halogens is 2. The highest BCUT2D eigenvalue weighted by molar-refractivity contribution is 4.67. The number of nitrogens with zero attached hydrogens (tertiary/aromatic N) is 1. The minimum absolute atomic E-state index is 0.214. The van der Waals surface area contributed by atoms with E-state index >= 15 is 0 Å². The molecule has 0 spiro atoms. The Morgan fingerprint density at radius 3 is 2.41 bits per heavy atom. The van der Waals surface area contributed by atoms with Gasteiger partial charge in [-0.3, -0.25) is 0 Å². The molecule has 7 heteroatoms. The fourth-order valence-electron chi connectivity index (χ4n) is 0.964. The number of aliphatic hydroxyl groups is 1. The zero-order valence-electron chi connectivity index (χ0n) is 10.4. The topological polar surface area (TPSA) is 62.2 Å². The average Bonchev–Trinajstić information content (AvgIpc) is 2.13. The molecule has 0 aromatic heterocycles. The average molecular weight is 257 g/mol. The minimum atomic E-state index is -2.79. The molecule has 0 aromatic carbocycles. The first kappa shape index (κ1) is 16.7. The fraction of sp³-hybridized carbons (Fsp3) is 1.00. The first-order valence-corrected chi connectivity index (χ1v) is 5.35. The van der Waals surface area contributed by atoms with E-state index in [0.29, 0.717) is 13.2 Å². The van der Waals surface area contributed by atoms with E-state index in [-0.39, 0.29) is 13.2 Å². The summed E-state index contributed by atoms with van der Waals surface area (Å²) >= 11 is 0. The van der Waals surface area contributed by atoms with Gasteiger partial charge in [-0.25, -0.2) is 0 Å². The van der Waals surface area contributed by atoms with Crippen LogP contribution in [0.3, 0.4) is 0 Å². The molecule has 17 heavy (non-hydrogen) atoms. The molecule has 1 rings (SSSR count). The maximum Gasteiger partial charge on any atom is 0.345 e. The van der Waals surface area contributed by atoms with Gasteiger partial charge in [0.25, 0.3) is 0 Å². The molecule has 0 bridgehead atoms. The van der Waals surface area contributed by atoms with Gasteiger partial charge in [-0.05, 0) is 20.8 Å². The molecule has 0 radical (unpaired) electrons. The Morgan fingerprint density at radius 2 is 2.00 bits per heavy atom. The number of morpholine rings is 1. The molecule has 1 aliphatic rings. The highest BCUT2D eigenvalue weighted by Gasteiger charge is 2.22. The van der Waals surface area contributed by atoms with E-state index in [2.05, 4.69) is 4.74 Å². The van der Waals surface area contributed by atoms with Crippen molar-refractivity contribution in [3.8, 4) is 0 Å². The van der Waals surface area contributed by atoms with Crippen molar-refractivity contribution < 1.29 is 28.6 Å². The monoisotopic (exact) mass is 257 g/mol. The lowest BCUT2D eigenvalue weighted by Crippen LogP contribution is -2.46. The lowest BCUT2D eigenvalue weighted by atomic mass is 10.2. The minimum Gasteiger partial charge on any atom is -0.391 e. The Balaban J connectivity index is 0.000000437. The molecule has 0 aromatic rings. The zero-order valence-corrected chi connectivity index (χ0v) is 10.4. The summed E-state index contributed by atoms with van der Waals surface area (Å²) in [5, 5.41) is 18.6. The van der Waals surface area contributed by atoms with Crippen molar-refractivity contribution in [1.82, 2.24) is 5.06 Å². The molecule has 1 atom stereocenters. The van der Waals surface area contributed by atoms with Crippen LogP contribution in [0.15, 0.2) is 0 Å². The SMILES string of the molecule is CC(C)(C)O.ON1CCOC[C@@H]1COC(F)F. The second kappa shape index (κ2) is 7.88. The van der Waals surface area contributed by atoms with Gasteiger partial charge in [0.15, 0.2) is 0 Å². The van der Waals surface area contributed by atoms with Crippen molar-refractivity contribution in [2.24, 2.45) is 0 Å². The predicted molar refractivity (Wildman–Crippen MR) is 57.0 cm³/mol. The number of ether oxygens (including phenoxy) is 2. The van der Waals surface area contributed by atoms with Crippen molar-refractivity contribution in [1.29, 1.82) is 0 Å². The van der Waals surface area contributed by atoms with Gasteiger partial charge in [-0.2, -0.15) is 13.8 Å². The van der Waals surface area contributed by atoms with Crippen LogP contribution in [0.25, 0.3) is 0 Å². The largest absolute Gasteiger partial charge is 0.391 e. The van der Waals surface area contributed by atoms with Crippen LogP contribution in [0.5, 0.6) is 0 Å². The Labute approximate surface area is 99.9 Å². The third kappa shape index (κ3) is 11.9. The van der Waals surface area contributed by atoms with E-state index in [4.69, 9.17) is 15.1 Å². The van der Waals surface area contributed by atoms with Gasteiger partial charge in [-0.15, -0.1) is 0 Å². The van der Waals surface area contributed by atoms with E-state index in [1.165, 1.54) is 0 Å². The van der Waals surface area contributed by atoms with E-state index in [1.54, 1.807) is 20.8 Å². The van der Waals surface area contributed by atoms with Gasteiger partial charge >= 0.3 is 6.61 Å². The van der Waals surface area contributed by atoms with Crippen LogP contribution in [-0.4, -0.2) is 60.0 Å². The van der Waals surface area contributed by atoms with Crippen molar-refractivity contribution >= 4 is 0 Å². The number of hydroxylamine groups is 2. The van der Waals surface area contributed by atoms with Crippen LogP contribution < -0.4 is 0 Å². The number of alkyl halides is 2. The first-order chi connectivity index (χ1) is 7.70. The standard InChI is InChI=1S/C6H11F2NO3.C4H10O/c7-6(8)12-4-5-3-11-2-1-9(5)10;1-4(2,3)5/h5-6,10H,1-4H2;5H,1-3H3/t5-;/m1./s1. The highest BCUT2D eigenvalue weighted by Crippen LogP contribution is 2.06. The van der Waals surface area contributed by atoms with Gasteiger partial charge < -0.3 is 19.8 Å². The highest BCUT2D eigenvalue weighted by atomic mass is 19.3. The van der Waals surface area contributed by atoms with Gasteiger partial charge in [0, 0.05) is 6.54 Å². The quantitative estimate of drug-likeness (QED) is 0.792. The second-order valence-electron chi connectivity index (χ2n) is 4.66. The van der Waals surface area contributed by atoms with Crippen LogP contribution in [0.4, 0.5) is 8.78 Å². The maximum absolute atomic E-state index is 11.6. The normalized spacial score (nSPS) is 22.2. The third-order valence-electron chi connectivity index (χ3n) is 1.61. The van der Waals surface area contributed by atoms with Crippen LogP contribution >= 0.6 is 0 Å². The Bertz CT molecular complexity index is 193. The van der Waals surface area contributed by atoms with Crippen molar-refractivity contribution in [2.75, 3.05) is 26.4 Å². The Kier molecular flexibility index (Phi) is 7.73. The molecule has 0 saturated carbocycles. The predicted octanol–water partition coefficient (Wildman–Crippen LogP) is 1.09. The van der Waals surface area contributed by atoms with Crippen molar-refractivity contribution in [3.05, 3.63) is 0 Å². The molecule has 0 unspecified atom stereocenters. The van der Waals surface area contributed by atoms with Gasteiger partial charge in [0.05, 0.1) is 31.5 Å². The molecule has 0 aliphatic carbocycles. The third-order valence-corrected chi connectivity index (χ3v) is 1.61. The lowest BCUT2D eigenvalue weighted by molar-refractivity contribution is -0.217. The van der Waals surface area contributed by atoms with Crippen LogP contribution in [0.2, 0.25) is 0 Å². The molecule has 1 fully saturated rings. The molecule has 5 nitrogen and oxygen atoms in total. The molecule has 1 aliphatic heterocycles.